The van der Waals surface area contributed by atoms with Crippen molar-refractivity contribution < 1.29 is 4.92 Å². The van der Waals surface area contributed by atoms with Gasteiger partial charge in [-0.05, 0) is 24.3 Å². The number of nitrogens with two attached hydrogens (primary N) is 1. The largest absolute Gasteiger partial charge is 0.340 e. The Labute approximate surface area is 114 Å². The monoisotopic (exact) mass is 270 g/mol. The van der Waals surface area contributed by atoms with E-state index in [9.17, 15) is 10.1 Å². The highest BCUT2D eigenvalue weighted by molar-refractivity contribution is 5.62. The Hall–Kier alpha value is -3.18. The van der Waals surface area contributed by atoms with Gasteiger partial charge in [0.25, 0.3) is 5.69 Å². The number of nitrogen functional groups attached to an aromatic ring is 1. The summed E-state index contributed by atoms with van der Waals surface area (Å²) in [7, 11) is 0. The van der Waals surface area contributed by atoms with Crippen molar-refractivity contribution in [2.75, 3.05) is 10.7 Å². The lowest BCUT2D eigenvalue weighted by atomic mass is 10.2. The standard InChI is InChI=1S/C12H10N6O2/c13-7-8-1-3-9(4-2-8)15-11-5-10(18(19)20)6-12(16-11)17-14/h1-6H,14H2,(H2,15,16,17). The highest BCUT2D eigenvalue weighted by Gasteiger charge is 2.10. The molecular formula is C12H10N6O2. The normalized spacial score (nSPS) is 9.60. The van der Waals surface area contributed by atoms with Gasteiger partial charge in [0.2, 0.25) is 0 Å². The number of hydrazine groups is 1. The zero-order valence-corrected chi connectivity index (χ0v) is 10.2. The van der Waals surface area contributed by atoms with Crippen molar-refractivity contribution in [1.29, 1.82) is 5.26 Å². The third kappa shape index (κ3) is 2.98. The summed E-state index contributed by atoms with van der Waals surface area (Å²) in [5.74, 6) is 5.67. The average Bonchev–Trinajstić information content (AvgIpc) is 2.47. The maximum atomic E-state index is 10.8. The van der Waals surface area contributed by atoms with Crippen LogP contribution in [0.25, 0.3) is 0 Å². The number of pyridine rings is 1. The Kier molecular flexibility index (Phi) is 3.74. The van der Waals surface area contributed by atoms with Gasteiger partial charge >= 0.3 is 0 Å². The molecule has 20 heavy (non-hydrogen) atoms. The Morgan fingerprint density at radius 3 is 2.45 bits per heavy atom. The molecule has 0 atom stereocenters. The fourth-order valence-corrected chi connectivity index (χ4v) is 1.54. The lowest BCUT2D eigenvalue weighted by Gasteiger charge is -2.07. The number of hydrogen-bond donors (Lipinski definition) is 3. The third-order valence-corrected chi connectivity index (χ3v) is 2.46. The molecule has 100 valence electrons. The molecular weight excluding hydrogens is 260 g/mol. The third-order valence-electron chi connectivity index (χ3n) is 2.46. The van der Waals surface area contributed by atoms with Gasteiger partial charge in [-0.25, -0.2) is 10.8 Å². The van der Waals surface area contributed by atoms with Crippen LogP contribution in [0.3, 0.4) is 0 Å². The highest BCUT2D eigenvalue weighted by Crippen LogP contribution is 2.23. The number of nitrogens with one attached hydrogen (secondary N) is 2. The molecule has 2 aromatic rings. The number of rotatable bonds is 4. The molecule has 0 saturated heterocycles. The van der Waals surface area contributed by atoms with Crippen LogP contribution in [-0.2, 0) is 0 Å². The fraction of sp³-hybridized carbons (Fsp3) is 0. The molecule has 0 amide bonds. The minimum atomic E-state index is -0.535. The van der Waals surface area contributed by atoms with Crippen molar-refractivity contribution in [2.45, 2.75) is 0 Å². The molecule has 0 radical (unpaired) electrons. The molecule has 0 spiro atoms. The van der Waals surface area contributed by atoms with Crippen LogP contribution in [0.2, 0.25) is 0 Å². The summed E-state index contributed by atoms with van der Waals surface area (Å²) in [6, 6.07) is 11.1. The minimum absolute atomic E-state index is 0.135. The topological polar surface area (TPSA) is 130 Å². The zero-order valence-electron chi connectivity index (χ0n) is 10.2. The van der Waals surface area contributed by atoms with Crippen molar-refractivity contribution in [3.05, 3.63) is 52.1 Å². The summed E-state index contributed by atoms with van der Waals surface area (Å²) in [4.78, 5) is 14.3. The van der Waals surface area contributed by atoms with Gasteiger partial charge in [-0.3, -0.25) is 10.1 Å². The second-order valence-electron chi connectivity index (χ2n) is 3.81. The molecule has 1 aromatic heterocycles. The van der Waals surface area contributed by atoms with E-state index in [-0.39, 0.29) is 17.3 Å². The summed E-state index contributed by atoms with van der Waals surface area (Å²) in [6.07, 6.45) is 0. The molecule has 2 rings (SSSR count). The molecule has 8 heteroatoms. The molecule has 0 saturated carbocycles. The predicted octanol–water partition coefficient (Wildman–Crippen LogP) is 1.89. The number of anilines is 3. The van der Waals surface area contributed by atoms with Crippen molar-refractivity contribution in [1.82, 2.24) is 4.98 Å². The first-order valence-electron chi connectivity index (χ1n) is 5.52. The van der Waals surface area contributed by atoms with Gasteiger partial charge < -0.3 is 10.7 Å². The Bertz CT molecular complexity index is 677. The second kappa shape index (κ2) is 5.64. The molecule has 0 fully saturated rings. The summed E-state index contributed by atoms with van der Waals surface area (Å²) >= 11 is 0. The smallest absolute Gasteiger partial charge is 0.276 e. The summed E-state index contributed by atoms with van der Waals surface area (Å²) in [5.41, 5.74) is 3.31. The summed E-state index contributed by atoms with van der Waals surface area (Å²) in [5, 5.41) is 22.4. The van der Waals surface area contributed by atoms with Gasteiger partial charge in [0.1, 0.15) is 11.6 Å². The van der Waals surface area contributed by atoms with Crippen LogP contribution < -0.4 is 16.6 Å². The molecule has 0 aliphatic heterocycles. The average molecular weight is 270 g/mol. The summed E-state index contributed by atoms with van der Waals surface area (Å²) in [6.45, 7) is 0. The van der Waals surface area contributed by atoms with Crippen LogP contribution in [0.15, 0.2) is 36.4 Å². The van der Waals surface area contributed by atoms with E-state index >= 15 is 0 Å². The molecule has 0 aliphatic carbocycles. The van der Waals surface area contributed by atoms with E-state index in [1.807, 2.05) is 6.07 Å². The van der Waals surface area contributed by atoms with E-state index in [4.69, 9.17) is 11.1 Å². The lowest BCUT2D eigenvalue weighted by Crippen LogP contribution is -2.10. The molecule has 0 bridgehead atoms. The van der Waals surface area contributed by atoms with Gasteiger partial charge in [0.05, 0.1) is 28.7 Å². The van der Waals surface area contributed by atoms with Crippen LogP contribution in [0.4, 0.5) is 23.0 Å². The van der Waals surface area contributed by atoms with Crippen molar-refractivity contribution >= 4 is 23.0 Å². The van der Waals surface area contributed by atoms with Crippen LogP contribution in [0.1, 0.15) is 5.56 Å². The number of benzene rings is 1. The molecule has 0 aliphatic rings. The highest BCUT2D eigenvalue weighted by atomic mass is 16.6. The molecule has 8 nitrogen and oxygen atoms in total. The number of nitro groups is 1. The van der Waals surface area contributed by atoms with Gasteiger partial charge in [-0.15, -0.1) is 0 Å². The van der Waals surface area contributed by atoms with Crippen LogP contribution in [0, 0.1) is 21.4 Å². The van der Waals surface area contributed by atoms with E-state index in [0.717, 1.165) is 0 Å². The maximum absolute atomic E-state index is 10.8. The van der Waals surface area contributed by atoms with Gasteiger partial charge in [-0.2, -0.15) is 5.26 Å². The quantitative estimate of drug-likeness (QED) is 0.439. The van der Waals surface area contributed by atoms with Crippen molar-refractivity contribution in [2.24, 2.45) is 5.84 Å². The minimum Gasteiger partial charge on any atom is -0.340 e. The van der Waals surface area contributed by atoms with E-state index < -0.39 is 4.92 Å². The number of nitrogens with zero attached hydrogens (tertiary/aromatic N) is 3. The number of nitriles is 1. The van der Waals surface area contributed by atoms with Crippen LogP contribution >= 0.6 is 0 Å². The van der Waals surface area contributed by atoms with Crippen molar-refractivity contribution in [3.63, 3.8) is 0 Å². The van der Waals surface area contributed by atoms with Crippen molar-refractivity contribution in [3.8, 4) is 6.07 Å². The van der Waals surface area contributed by atoms with E-state index in [1.54, 1.807) is 24.3 Å². The summed E-state index contributed by atoms with van der Waals surface area (Å²) < 4.78 is 0. The lowest BCUT2D eigenvalue weighted by molar-refractivity contribution is -0.384. The zero-order chi connectivity index (χ0) is 14.5. The Balaban J connectivity index is 2.30. The number of aromatic nitrogens is 1. The Morgan fingerprint density at radius 1 is 1.25 bits per heavy atom. The molecule has 0 unspecified atom stereocenters. The first-order valence-corrected chi connectivity index (χ1v) is 5.52. The predicted molar refractivity (Wildman–Crippen MR) is 73.1 cm³/mol. The first kappa shape index (κ1) is 13.3. The Morgan fingerprint density at radius 2 is 1.90 bits per heavy atom. The SMILES string of the molecule is N#Cc1ccc(Nc2cc([N+](=O)[O-])cc(NN)n2)cc1. The van der Waals surface area contributed by atoms with Crippen LogP contribution in [-0.4, -0.2) is 9.91 Å². The maximum Gasteiger partial charge on any atom is 0.276 e. The first-order chi connectivity index (χ1) is 9.62. The van der Waals surface area contributed by atoms with Gasteiger partial charge in [0.15, 0.2) is 0 Å². The van der Waals surface area contributed by atoms with E-state index in [1.165, 1.54) is 12.1 Å². The van der Waals surface area contributed by atoms with Crippen LogP contribution in [0.5, 0.6) is 0 Å². The van der Waals surface area contributed by atoms with E-state index in [2.05, 4.69) is 15.7 Å². The molecule has 4 N–H and O–H groups in total. The number of hydrogen-bond acceptors (Lipinski definition) is 7. The second-order valence-corrected chi connectivity index (χ2v) is 3.81. The molecule has 1 aromatic carbocycles. The van der Waals surface area contributed by atoms with E-state index in [0.29, 0.717) is 11.3 Å². The van der Waals surface area contributed by atoms with Gasteiger partial charge in [-0.1, -0.05) is 0 Å². The van der Waals surface area contributed by atoms with Gasteiger partial charge in [0, 0.05) is 5.69 Å². The fourth-order valence-electron chi connectivity index (χ4n) is 1.54. The molecule has 1 heterocycles.